The largest absolute Gasteiger partial charge is 0.573 e. The molecule has 4 rings (SSSR count). The van der Waals surface area contributed by atoms with Gasteiger partial charge in [-0.15, -0.1) is 13.2 Å². The first-order valence-electron chi connectivity index (χ1n) is 11.6. The molecule has 0 heterocycles. The van der Waals surface area contributed by atoms with Gasteiger partial charge in [-0.25, -0.2) is 8.78 Å². The van der Waals surface area contributed by atoms with Gasteiger partial charge in [-0.2, -0.15) is 0 Å². The van der Waals surface area contributed by atoms with Crippen LogP contribution in [-0.4, -0.2) is 6.36 Å². The van der Waals surface area contributed by atoms with Gasteiger partial charge in [0.15, 0.2) is 0 Å². The van der Waals surface area contributed by atoms with E-state index in [1.54, 1.807) is 0 Å². The third-order valence-corrected chi connectivity index (χ3v) is 5.98. The number of hydrogen-bond donors (Lipinski definition) is 0. The summed E-state index contributed by atoms with van der Waals surface area (Å²) < 4.78 is 70.7. The lowest BCUT2D eigenvalue weighted by atomic mass is 9.96. The smallest absolute Gasteiger partial charge is 0.406 e. The molecule has 0 amide bonds. The van der Waals surface area contributed by atoms with E-state index in [1.165, 1.54) is 49.1 Å². The lowest BCUT2D eigenvalue weighted by molar-refractivity contribution is -0.274. The van der Waals surface area contributed by atoms with Crippen molar-refractivity contribution in [2.45, 2.75) is 45.4 Å². The van der Waals surface area contributed by atoms with Crippen LogP contribution in [0.4, 0.5) is 22.0 Å². The summed E-state index contributed by atoms with van der Waals surface area (Å²) in [5, 5.41) is 2.05. The van der Waals surface area contributed by atoms with Crippen molar-refractivity contribution in [3.8, 4) is 28.0 Å². The molecule has 0 aliphatic heterocycles. The van der Waals surface area contributed by atoms with Gasteiger partial charge in [-0.05, 0) is 76.2 Å². The van der Waals surface area contributed by atoms with E-state index in [0.717, 1.165) is 35.7 Å². The van der Waals surface area contributed by atoms with Crippen molar-refractivity contribution in [3.05, 3.63) is 90.0 Å². The van der Waals surface area contributed by atoms with Gasteiger partial charge < -0.3 is 4.74 Å². The molecule has 4 aromatic carbocycles. The van der Waals surface area contributed by atoms with Crippen LogP contribution in [0, 0.1) is 11.6 Å². The number of hydrogen-bond acceptors (Lipinski definition) is 1. The van der Waals surface area contributed by atoms with Crippen molar-refractivity contribution >= 4 is 10.8 Å². The molecule has 0 aliphatic carbocycles. The van der Waals surface area contributed by atoms with Gasteiger partial charge in [0.2, 0.25) is 0 Å². The van der Waals surface area contributed by atoms with E-state index in [4.69, 9.17) is 0 Å². The number of unbranched alkanes of at least 4 members (excludes halogenated alkanes) is 3. The van der Waals surface area contributed by atoms with Crippen molar-refractivity contribution in [3.63, 3.8) is 0 Å². The second-order valence-corrected chi connectivity index (χ2v) is 8.59. The zero-order chi connectivity index (χ0) is 25.0. The Morgan fingerprint density at radius 1 is 0.657 bits per heavy atom. The highest BCUT2D eigenvalue weighted by Gasteiger charge is 2.31. The maximum Gasteiger partial charge on any atom is 0.573 e. The molecule has 35 heavy (non-hydrogen) atoms. The minimum atomic E-state index is -4.84. The average Bonchev–Trinajstić information content (AvgIpc) is 2.81. The molecule has 0 unspecified atom stereocenters. The highest BCUT2D eigenvalue weighted by Crippen LogP contribution is 2.34. The Hall–Kier alpha value is -3.41. The van der Waals surface area contributed by atoms with Crippen LogP contribution in [0.2, 0.25) is 0 Å². The summed E-state index contributed by atoms with van der Waals surface area (Å²) in [5.41, 5.74) is 2.14. The zero-order valence-corrected chi connectivity index (χ0v) is 19.3. The van der Waals surface area contributed by atoms with E-state index in [9.17, 15) is 22.0 Å². The molecule has 0 aromatic heterocycles. The predicted molar refractivity (Wildman–Crippen MR) is 129 cm³/mol. The third kappa shape index (κ3) is 6.18. The van der Waals surface area contributed by atoms with Crippen LogP contribution in [0.3, 0.4) is 0 Å². The molecule has 0 saturated heterocycles. The van der Waals surface area contributed by atoms with Gasteiger partial charge in [-0.1, -0.05) is 68.7 Å². The lowest BCUT2D eigenvalue weighted by Crippen LogP contribution is -2.16. The summed E-state index contributed by atoms with van der Waals surface area (Å²) in [6, 6.07) is 18.9. The Bertz CT molecular complexity index is 1290. The van der Waals surface area contributed by atoms with Crippen LogP contribution in [0.5, 0.6) is 5.75 Å². The number of fused-ring (bicyclic) bond motifs is 1. The molecule has 182 valence electrons. The van der Waals surface area contributed by atoms with Crippen molar-refractivity contribution in [1.29, 1.82) is 0 Å². The van der Waals surface area contributed by atoms with Gasteiger partial charge in [0.05, 0.1) is 5.56 Å². The van der Waals surface area contributed by atoms with Crippen molar-refractivity contribution < 1.29 is 26.7 Å². The molecular formula is C29H25F5O. The summed E-state index contributed by atoms with van der Waals surface area (Å²) in [7, 11) is 0. The number of benzene rings is 4. The summed E-state index contributed by atoms with van der Waals surface area (Å²) in [6.45, 7) is 2.19. The summed E-state index contributed by atoms with van der Waals surface area (Å²) in [5.74, 6) is -2.06. The Balaban J connectivity index is 1.57. The van der Waals surface area contributed by atoms with Crippen molar-refractivity contribution in [2.75, 3.05) is 0 Å². The summed E-state index contributed by atoms with van der Waals surface area (Å²) in [6.07, 6.45) is 0.994. The quantitative estimate of drug-likeness (QED) is 0.179. The standard InChI is InChI=1S/C29H25F5O/c1-2-3-4-5-6-19-7-8-22-16-23(10-9-21(22)15-19)24-17-26(30)28(27(31)18-24)20-11-13-25(14-12-20)35-29(32,33)34/h7-18H,2-6H2,1H3. The Kier molecular flexibility index (Phi) is 7.39. The maximum absolute atomic E-state index is 14.9. The summed E-state index contributed by atoms with van der Waals surface area (Å²) >= 11 is 0. The minimum Gasteiger partial charge on any atom is -0.406 e. The molecule has 0 aliphatic rings. The molecule has 1 nitrogen and oxygen atoms in total. The average molecular weight is 485 g/mol. The molecular weight excluding hydrogens is 459 g/mol. The first-order valence-corrected chi connectivity index (χ1v) is 11.6. The second kappa shape index (κ2) is 10.5. The topological polar surface area (TPSA) is 9.23 Å². The first kappa shape index (κ1) is 24.7. The number of aryl methyl sites for hydroxylation is 1. The SMILES string of the molecule is CCCCCCc1ccc2cc(-c3cc(F)c(-c4ccc(OC(F)(F)F)cc4)c(F)c3)ccc2c1. The molecule has 4 aromatic rings. The van der Waals surface area contributed by atoms with Crippen LogP contribution in [0.1, 0.15) is 38.2 Å². The van der Waals surface area contributed by atoms with E-state index < -0.39 is 23.7 Å². The first-order chi connectivity index (χ1) is 16.7. The lowest BCUT2D eigenvalue weighted by Gasteiger charge is -2.12. The molecule has 0 radical (unpaired) electrons. The fourth-order valence-electron chi connectivity index (χ4n) is 4.23. The zero-order valence-electron chi connectivity index (χ0n) is 19.3. The van der Waals surface area contributed by atoms with Crippen LogP contribution >= 0.6 is 0 Å². The van der Waals surface area contributed by atoms with E-state index in [1.807, 2.05) is 24.3 Å². The Labute approximate surface area is 201 Å². The number of ether oxygens (including phenoxy) is 1. The molecule has 0 spiro atoms. The monoisotopic (exact) mass is 484 g/mol. The Morgan fingerprint density at radius 3 is 1.94 bits per heavy atom. The van der Waals surface area contributed by atoms with Crippen molar-refractivity contribution in [2.24, 2.45) is 0 Å². The number of rotatable bonds is 8. The molecule has 0 bridgehead atoms. The highest BCUT2D eigenvalue weighted by atomic mass is 19.4. The maximum atomic E-state index is 14.9. The predicted octanol–water partition coefficient (Wildman–Crippen LogP) is 9.47. The van der Waals surface area contributed by atoms with Crippen LogP contribution in [0.15, 0.2) is 72.8 Å². The number of halogens is 5. The van der Waals surface area contributed by atoms with E-state index in [2.05, 4.69) is 23.8 Å². The molecule has 0 saturated carbocycles. The van der Waals surface area contributed by atoms with Gasteiger partial charge in [0, 0.05) is 0 Å². The van der Waals surface area contributed by atoms with Crippen LogP contribution < -0.4 is 4.74 Å². The van der Waals surface area contributed by atoms with Crippen LogP contribution in [0.25, 0.3) is 33.0 Å². The van der Waals surface area contributed by atoms with Gasteiger partial charge >= 0.3 is 6.36 Å². The van der Waals surface area contributed by atoms with E-state index in [0.29, 0.717) is 11.1 Å². The summed E-state index contributed by atoms with van der Waals surface area (Å²) in [4.78, 5) is 0. The number of alkyl halides is 3. The van der Waals surface area contributed by atoms with Gasteiger partial charge in [0.1, 0.15) is 17.4 Å². The highest BCUT2D eigenvalue weighted by molar-refractivity contribution is 5.88. The Morgan fingerprint density at radius 2 is 1.29 bits per heavy atom. The molecule has 0 N–H and O–H groups in total. The molecule has 0 fully saturated rings. The normalized spacial score (nSPS) is 11.7. The molecule has 0 atom stereocenters. The fourth-order valence-corrected chi connectivity index (χ4v) is 4.23. The molecule has 6 heteroatoms. The third-order valence-electron chi connectivity index (χ3n) is 5.98. The van der Waals surface area contributed by atoms with Crippen molar-refractivity contribution in [1.82, 2.24) is 0 Å². The fraction of sp³-hybridized carbons (Fsp3) is 0.241. The van der Waals surface area contributed by atoms with Gasteiger partial charge in [0.25, 0.3) is 0 Å². The van der Waals surface area contributed by atoms with Gasteiger partial charge in [-0.3, -0.25) is 0 Å². The van der Waals surface area contributed by atoms with E-state index >= 15 is 0 Å². The van der Waals surface area contributed by atoms with Crippen LogP contribution in [-0.2, 0) is 6.42 Å². The second-order valence-electron chi connectivity index (χ2n) is 8.59. The minimum absolute atomic E-state index is 0.117. The van der Waals surface area contributed by atoms with E-state index in [-0.39, 0.29) is 11.1 Å².